The highest BCUT2D eigenvalue weighted by Crippen LogP contribution is 2.29. The van der Waals surface area contributed by atoms with Crippen LogP contribution in [0.1, 0.15) is 26.7 Å². The van der Waals surface area contributed by atoms with E-state index in [1.165, 1.54) is 11.8 Å². The van der Waals surface area contributed by atoms with Gasteiger partial charge in [0.2, 0.25) is 0 Å². The molecule has 2 N–H and O–H groups in total. The highest BCUT2D eigenvalue weighted by atomic mass is 32.2. The molecule has 1 aromatic rings. The first kappa shape index (κ1) is 13.8. The molecule has 1 aromatic heterocycles. The molecule has 0 saturated heterocycles. The fourth-order valence-electron chi connectivity index (χ4n) is 1.36. The Labute approximate surface area is 106 Å². The molecule has 0 spiro atoms. The zero-order valence-electron chi connectivity index (χ0n) is 10.2. The first-order chi connectivity index (χ1) is 8.19. The number of thioether (sulfide) groups is 1. The molecule has 94 valence electrons. The molecule has 0 fully saturated rings. The van der Waals surface area contributed by atoms with E-state index in [0.29, 0.717) is 17.3 Å². The molecule has 0 aromatic carbocycles. The van der Waals surface area contributed by atoms with Crippen molar-refractivity contribution in [1.82, 2.24) is 4.98 Å². The van der Waals surface area contributed by atoms with Crippen molar-refractivity contribution in [3.63, 3.8) is 0 Å². The third-order valence-electron chi connectivity index (χ3n) is 2.15. The van der Waals surface area contributed by atoms with E-state index in [9.17, 15) is 4.79 Å². The summed E-state index contributed by atoms with van der Waals surface area (Å²) in [6, 6.07) is 3.56. The van der Waals surface area contributed by atoms with Gasteiger partial charge in [-0.3, -0.25) is 4.79 Å². The number of anilines is 1. The maximum atomic E-state index is 11.7. The number of esters is 1. The van der Waals surface area contributed by atoms with Gasteiger partial charge in [0.1, 0.15) is 10.3 Å². The summed E-state index contributed by atoms with van der Waals surface area (Å²) in [7, 11) is 0. The van der Waals surface area contributed by atoms with E-state index in [2.05, 4.69) is 4.98 Å². The lowest BCUT2D eigenvalue weighted by Crippen LogP contribution is -2.20. The van der Waals surface area contributed by atoms with Crippen LogP contribution in [-0.2, 0) is 9.53 Å². The normalized spacial score (nSPS) is 12.1. The number of nitrogen functional groups attached to an aromatic ring is 1. The average Bonchev–Trinajstić information content (AvgIpc) is 2.31. The molecule has 1 heterocycles. The molecule has 0 bridgehead atoms. The third kappa shape index (κ3) is 4.26. The zero-order chi connectivity index (χ0) is 12.7. The summed E-state index contributed by atoms with van der Waals surface area (Å²) in [6.07, 6.45) is 3.36. The fraction of sp³-hybridized carbons (Fsp3) is 0.500. The Morgan fingerprint density at radius 2 is 2.35 bits per heavy atom. The summed E-state index contributed by atoms with van der Waals surface area (Å²) >= 11 is 1.38. The van der Waals surface area contributed by atoms with Crippen molar-refractivity contribution in [3.8, 4) is 0 Å². The van der Waals surface area contributed by atoms with E-state index in [1.54, 1.807) is 25.3 Å². The minimum atomic E-state index is -0.225. The topological polar surface area (TPSA) is 65.2 Å². The smallest absolute Gasteiger partial charge is 0.319 e. The van der Waals surface area contributed by atoms with Crippen molar-refractivity contribution in [1.29, 1.82) is 0 Å². The minimum Gasteiger partial charge on any atom is -0.465 e. The summed E-state index contributed by atoms with van der Waals surface area (Å²) in [4.78, 5) is 15.9. The van der Waals surface area contributed by atoms with E-state index in [4.69, 9.17) is 10.5 Å². The maximum absolute atomic E-state index is 11.7. The Kier molecular flexibility index (Phi) is 5.83. The molecule has 1 rings (SSSR count). The predicted octanol–water partition coefficient (Wildman–Crippen LogP) is 2.49. The Balaban J connectivity index is 2.73. The maximum Gasteiger partial charge on any atom is 0.319 e. The van der Waals surface area contributed by atoms with Gasteiger partial charge in [-0.1, -0.05) is 25.1 Å². The lowest BCUT2D eigenvalue weighted by molar-refractivity contribution is -0.142. The minimum absolute atomic E-state index is 0.190. The van der Waals surface area contributed by atoms with Crippen molar-refractivity contribution in [2.45, 2.75) is 37.0 Å². The van der Waals surface area contributed by atoms with Crippen LogP contribution < -0.4 is 5.73 Å². The lowest BCUT2D eigenvalue weighted by Gasteiger charge is -2.14. The molecule has 0 aliphatic heterocycles. The van der Waals surface area contributed by atoms with Crippen molar-refractivity contribution < 1.29 is 9.53 Å². The SMILES string of the molecule is CCCC(Sc1ncccc1N)C(=O)OCC. The Morgan fingerprint density at radius 1 is 1.59 bits per heavy atom. The molecule has 0 saturated carbocycles. The van der Waals surface area contributed by atoms with Crippen molar-refractivity contribution >= 4 is 23.4 Å². The second-order valence-corrected chi connectivity index (χ2v) is 4.74. The van der Waals surface area contributed by atoms with Crippen LogP contribution in [0.15, 0.2) is 23.4 Å². The van der Waals surface area contributed by atoms with Gasteiger partial charge >= 0.3 is 5.97 Å². The highest BCUT2D eigenvalue weighted by molar-refractivity contribution is 8.00. The monoisotopic (exact) mass is 254 g/mol. The third-order valence-corrected chi connectivity index (χ3v) is 3.43. The Hall–Kier alpha value is -1.23. The van der Waals surface area contributed by atoms with E-state index in [-0.39, 0.29) is 11.2 Å². The molecule has 0 amide bonds. The molecule has 0 aliphatic rings. The fourth-order valence-corrected chi connectivity index (χ4v) is 2.47. The molecular weight excluding hydrogens is 236 g/mol. The lowest BCUT2D eigenvalue weighted by atomic mass is 10.2. The number of carbonyl (C=O) groups is 1. The molecule has 1 unspecified atom stereocenters. The number of pyridine rings is 1. The van der Waals surface area contributed by atoms with Gasteiger partial charge in [0.25, 0.3) is 0 Å². The van der Waals surface area contributed by atoms with Gasteiger partial charge in [-0.2, -0.15) is 0 Å². The second-order valence-electron chi connectivity index (χ2n) is 3.54. The summed E-state index contributed by atoms with van der Waals surface area (Å²) in [5.41, 5.74) is 6.40. The molecule has 17 heavy (non-hydrogen) atoms. The number of carbonyl (C=O) groups excluding carboxylic acids is 1. The summed E-state index contributed by atoms with van der Waals surface area (Å²) in [5, 5.41) is 0.469. The largest absolute Gasteiger partial charge is 0.465 e. The predicted molar refractivity (Wildman–Crippen MR) is 69.8 cm³/mol. The van der Waals surface area contributed by atoms with Gasteiger partial charge in [0, 0.05) is 6.20 Å². The van der Waals surface area contributed by atoms with E-state index < -0.39 is 0 Å². The van der Waals surface area contributed by atoms with Crippen LogP contribution in [-0.4, -0.2) is 22.8 Å². The van der Waals surface area contributed by atoms with Crippen LogP contribution >= 0.6 is 11.8 Å². The van der Waals surface area contributed by atoms with E-state index >= 15 is 0 Å². The van der Waals surface area contributed by atoms with Crippen LogP contribution in [0.3, 0.4) is 0 Å². The first-order valence-electron chi connectivity index (χ1n) is 5.72. The summed E-state index contributed by atoms with van der Waals surface area (Å²) < 4.78 is 5.04. The number of ether oxygens (including phenoxy) is 1. The Morgan fingerprint density at radius 3 is 2.94 bits per heavy atom. The quantitative estimate of drug-likeness (QED) is 0.624. The van der Waals surface area contributed by atoms with Crippen LogP contribution in [0.2, 0.25) is 0 Å². The van der Waals surface area contributed by atoms with Crippen LogP contribution in [0.5, 0.6) is 0 Å². The van der Waals surface area contributed by atoms with Crippen LogP contribution in [0.4, 0.5) is 5.69 Å². The van der Waals surface area contributed by atoms with Crippen molar-refractivity contribution in [2.24, 2.45) is 0 Å². The van der Waals surface area contributed by atoms with E-state index in [0.717, 1.165) is 12.8 Å². The van der Waals surface area contributed by atoms with Gasteiger partial charge in [0.15, 0.2) is 0 Å². The van der Waals surface area contributed by atoms with Crippen molar-refractivity contribution in [2.75, 3.05) is 12.3 Å². The number of rotatable bonds is 6. The zero-order valence-corrected chi connectivity index (χ0v) is 11.0. The number of aromatic nitrogens is 1. The molecule has 4 nitrogen and oxygen atoms in total. The van der Waals surface area contributed by atoms with Crippen molar-refractivity contribution in [3.05, 3.63) is 18.3 Å². The van der Waals surface area contributed by atoms with E-state index in [1.807, 2.05) is 6.92 Å². The standard InChI is InChI=1S/C12H18N2O2S/c1-3-6-10(12(15)16-4-2)17-11-9(13)7-5-8-14-11/h5,7-8,10H,3-4,6,13H2,1-2H3. The molecule has 0 aliphatic carbocycles. The molecule has 5 heteroatoms. The molecule has 1 atom stereocenters. The number of hydrogen-bond acceptors (Lipinski definition) is 5. The number of nitrogens with zero attached hydrogens (tertiary/aromatic N) is 1. The van der Waals surface area contributed by atoms with Crippen LogP contribution in [0, 0.1) is 0 Å². The van der Waals surface area contributed by atoms with Crippen LogP contribution in [0.25, 0.3) is 0 Å². The average molecular weight is 254 g/mol. The molecule has 0 radical (unpaired) electrons. The Bertz CT molecular complexity index is 371. The summed E-state index contributed by atoms with van der Waals surface area (Å²) in [6.45, 7) is 4.24. The summed E-state index contributed by atoms with van der Waals surface area (Å²) in [5.74, 6) is -0.190. The second kappa shape index (κ2) is 7.17. The van der Waals surface area contributed by atoms with Gasteiger partial charge in [-0.05, 0) is 25.5 Å². The highest BCUT2D eigenvalue weighted by Gasteiger charge is 2.21. The first-order valence-corrected chi connectivity index (χ1v) is 6.60. The number of nitrogens with two attached hydrogens (primary N) is 1. The van der Waals surface area contributed by atoms with Gasteiger partial charge in [-0.25, -0.2) is 4.98 Å². The number of hydrogen-bond donors (Lipinski definition) is 1. The van der Waals surface area contributed by atoms with Gasteiger partial charge in [-0.15, -0.1) is 0 Å². The van der Waals surface area contributed by atoms with Gasteiger partial charge in [0.05, 0.1) is 12.3 Å². The van der Waals surface area contributed by atoms with Gasteiger partial charge < -0.3 is 10.5 Å². The molecular formula is C12H18N2O2S.